The molecule has 0 aromatic heterocycles. The van der Waals surface area contributed by atoms with Gasteiger partial charge in [0.2, 0.25) is 0 Å². The first kappa shape index (κ1) is 9.53. The summed E-state index contributed by atoms with van der Waals surface area (Å²) < 4.78 is 5.55. The molecule has 2 heteroatoms. The second-order valence-corrected chi connectivity index (χ2v) is 3.63. The minimum Gasteiger partial charge on any atom is -0.494 e. The Balaban J connectivity index is 2.28. The molecule has 1 aliphatic rings. The van der Waals surface area contributed by atoms with Crippen LogP contribution in [0.25, 0.3) is 0 Å². The molecule has 75 valence electrons. The molecule has 1 aromatic carbocycles. The lowest BCUT2D eigenvalue weighted by Gasteiger charge is -2.10. The summed E-state index contributed by atoms with van der Waals surface area (Å²) in [5, 5.41) is 8.89. The maximum absolute atomic E-state index is 8.89. The van der Waals surface area contributed by atoms with Gasteiger partial charge in [0.25, 0.3) is 0 Å². The van der Waals surface area contributed by atoms with Gasteiger partial charge in [-0.1, -0.05) is 12.1 Å². The lowest BCUT2D eigenvalue weighted by atomic mass is 10.1. The number of hydrogen-bond donors (Lipinski definition) is 1. The zero-order valence-corrected chi connectivity index (χ0v) is 8.36. The van der Waals surface area contributed by atoms with Crippen molar-refractivity contribution < 1.29 is 9.84 Å². The van der Waals surface area contributed by atoms with Gasteiger partial charge in [-0.05, 0) is 42.9 Å². The van der Waals surface area contributed by atoms with E-state index in [2.05, 4.69) is 6.07 Å². The third kappa shape index (κ3) is 1.90. The van der Waals surface area contributed by atoms with Crippen LogP contribution in [0.1, 0.15) is 36.8 Å². The van der Waals surface area contributed by atoms with Gasteiger partial charge in [0.05, 0.1) is 6.61 Å². The van der Waals surface area contributed by atoms with Gasteiger partial charge in [0.1, 0.15) is 12.4 Å². The van der Waals surface area contributed by atoms with Crippen molar-refractivity contribution in [3.63, 3.8) is 0 Å². The minimum atomic E-state index is 0.675. The van der Waals surface area contributed by atoms with E-state index in [1.807, 2.05) is 19.1 Å². The zero-order chi connectivity index (χ0) is 9.97. The van der Waals surface area contributed by atoms with E-state index in [4.69, 9.17) is 9.84 Å². The normalized spacial score (nSPS) is 15.6. The molecule has 0 bridgehead atoms. The lowest BCUT2D eigenvalue weighted by Crippen LogP contribution is -1.96. The largest absolute Gasteiger partial charge is 0.494 e. The first-order chi connectivity index (χ1) is 6.85. The maximum atomic E-state index is 8.89. The number of ether oxygens (including phenoxy) is 1. The highest BCUT2D eigenvalue weighted by molar-refractivity contribution is 5.43. The summed E-state index contributed by atoms with van der Waals surface area (Å²) in [6.07, 6.45) is 2.53. The molecule has 1 saturated carbocycles. The van der Waals surface area contributed by atoms with Crippen LogP contribution in [0.3, 0.4) is 0 Å². The molecule has 0 aliphatic heterocycles. The van der Waals surface area contributed by atoms with Crippen LogP contribution in [0, 0.1) is 6.61 Å². The number of aliphatic hydroxyl groups excluding tert-OH is 1. The molecule has 1 aromatic rings. The van der Waals surface area contributed by atoms with Crippen LogP contribution in [-0.4, -0.2) is 11.7 Å². The van der Waals surface area contributed by atoms with Crippen molar-refractivity contribution >= 4 is 0 Å². The van der Waals surface area contributed by atoms with E-state index in [1.165, 1.54) is 18.4 Å². The Hall–Kier alpha value is -1.02. The van der Waals surface area contributed by atoms with Crippen LogP contribution in [0.5, 0.6) is 5.75 Å². The Morgan fingerprint density at radius 2 is 2.29 bits per heavy atom. The van der Waals surface area contributed by atoms with Gasteiger partial charge in [-0.15, -0.1) is 0 Å². The van der Waals surface area contributed by atoms with Crippen molar-refractivity contribution in [3.8, 4) is 5.75 Å². The van der Waals surface area contributed by atoms with Crippen molar-refractivity contribution in [2.75, 3.05) is 6.61 Å². The molecule has 0 spiro atoms. The third-order valence-electron chi connectivity index (χ3n) is 2.50. The van der Waals surface area contributed by atoms with Crippen LogP contribution in [0.2, 0.25) is 0 Å². The van der Waals surface area contributed by atoms with Crippen LogP contribution in [-0.2, 0) is 0 Å². The quantitative estimate of drug-likeness (QED) is 0.793. The highest BCUT2D eigenvalue weighted by atomic mass is 16.5. The Kier molecular flexibility index (Phi) is 2.73. The smallest absolute Gasteiger partial charge is 0.123 e. The minimum absolute atomic E-state index is 0.675. The number of hydrogen-bond acceptors (Lipinski definition) is 2. The molecule has 2 nitrogen and oxygen atoms in total. The Morgan fingerprint density at radius 3 is 2.86 bits per heavy atom. The lowest BCUT2D eigenvalue weighted by molar-refractivity contribution is 0.335. The van der Waals surface area contributed by atoms with Gasteiger partial charge >= 0.3 is 0 Å². The predicted octanol–water partition coefficient (Wildman–Crippen LogP) is 2.85. The molecule has 1 N–H and O–H groups in total. The topological polar surface area (TPSA) is 29.5 Å². The second kappa shape index (κ2) is 4.01. The van der Waals surface area contributed by atoms with E-state index in [-0.39, 0.29) is 0 Å². The maximum Gasteiger partial charge on any atom is 0.123 e. The third-order valence-corrected chi connectivity index (χ3v) is 2.50. The highest BCUT2D eigenvalue weighted by Crippen LogP contribution is 2.44. The number of benzene rings is 1. The first-order valence-corrected chi connectivity index (χ1v) is 5.09. The van der Waals surface area contributed by atoms with Gasteiger partial charge in [0, 0.05) is 0 Å². The number of aliphatic hydroxyl groups is 1. The zero-order valence-electron chi connectivity index (χ0n) is 8.36. The van der Waals surface area contributed by atoms with Crippen LogP contribution >= 0.6 is 0 Å². The highest BCUT2D eigenvalue weighted by Gasteiger charge is 2.26. The van der Waals surface area contributed by atoms with Crippen molar-refractivity contribution in [1.29, 1.82) is 0 Å². The van der Waals surface area contributed by atoms with Crippen LogP contribution in [0.15, 0.2) is 18.2 Å². The SMILES string of the molecule is CCOc1cc([CH]O)ccc1C1CC1. The molecule has 1 fully saturated rings. The predicted molar refractivity (Wildman–Crippen MR) is 54.9 cm³/mol. The average molecular weight is 191 g/mol. The summed E-state index contributed by atoms with van der Waals surface area (Å²) in [5.41, 5.74) is 2.09. The Labute approximate surface area is 84.5 Å². The van der Waals surface area contributed by atoms with Crippen LogP contribution in [0.4, 0.5) is 0 Å². The summed E-state index contributed by atoms with van der Waals surface area (Å²) in [6.45, 7) is 3.76. The Morgan fingerprint density at radius 1 is 1.50 bits per heavy atom. The van der Waals surface area contributed by atoms with Gasteiger partial charge in [-0.3, -0.25) is 0 Å². The summed E-state index contributed by atoms with van der Waals surface area (Å²) in [7, 11) is 0. The molecule has 0 amide bonds. The van der Waals surface area contributed by atoms with E-state index >= 15 is 0 Å². The standard InChI is InChI=1S/C12H15O2/c1-2-14-12-7-9(8-13)3-6-11(12)10-4-5-10/h3,6-8,10,13H,2,4-5H2,1H3. The van der Waals surface area contributed by atoms with E-state index in [0.717, 1.165) is 17.9 Å². The molecule has 2 rings (SSSR count). The molecule has 0 heterocycles. The van der Waals surface area contributed by atoms with Gasteiger partial charge < -0.3 is 9.84 Å². The van der Waals surface area contributed by atoms with Crippen molar-refractivity contribution in [2.45, 2.75) is 25.7 Å². The number of rotatable bonds is 4. The van der Waals surface area contributed by atoms with Crippen molar-refractivity contribution in [1.82, 2.24) is 0 Å². The fraction of sp³-hybridized carbons (Fsp3) is 0.417. The van der Waals surface area contributed by atoms with Gasteiger partial charge in [-0.25, -0.2) is 0 Å². The fourth-order valence-corrected chi connectivity index (χ4v) is 1.64. The molecule has 1 radical (unpaired) electrons. The molecule has 1 aliphatic carbocycles. The fourth-order valence-electron chi connectivity index (χ4n) is 1.64. The van der Waals surface area contributed by atoms with E-state index in [1.54, 1.807) is 0 Å². The van der Waals surface area contributed by atoms with Gasteiger partial charge in [0.15, 0.2) is 0 Å². The summed E-state index contributed by atoms with van der Waals surface area (Å²) in [4.78, 5) is 0. The van der Waals surface area contributed by atoms with Crippen molar-refractivity contribution in [3.05, 3.63) is 35.9 Å². The molecular formula is C12H15O2. The van der Waals surface area contributed by atoms with Gasteiger partial charge in [-0.2, -0.15) is 0 Å². The van der Waals surface area contributed by atoms with Crippen molar-refractivity contribution in [2.24, 2.45) is 0 Å². The summed E-state index contributed by atoms with van der Waals surface area (Å²) in [5.74, 6) is 1.61. The van der Waals surface area contributed by atoms with E-state index in [0.29, 0.717) is 12.5 Å². The summed E-state index contributed by atoms with van der Waals surface area (Å²) in [6, 6.07) is 5.89. The molecule has 14 heavy (non-hydrogen) atoms. The molecule has 0 atom stereocenters. The Bertz CT molecular complexity index is 316. The second-order valence-electron chi connectivity index (χ2n) is 3.63. The molecule has 0 unspecified atom stereocenters. The van der Waals surface area contributed by atoms with Crippen LogP contribution < -0.4 is 4.74 Å². The van der Waals surface area contributed by atoms with E-state index < -0.39 is 0 Å². The monoisotopic (exact) mass is 191 g/mol. The summed E-state index contributed by atoms with van der Waals surface area (Å²) >= 11 is 0. The van der Waals surface area contributed by atoms with E-state index in [9.17, 15) is 0 Å². The average Bonchev–Trinajstić information content (AvgIpc) is 3.02. The first-order valence-electron chi connectivity index (χ1n) is 5.09. The molecular weight excluding hydrogens is 176 g/mol. The molecule has 0 saturated heterocycles.